The Morgan fingerprint density at radius 1 is 0.465 bits per heavy atom. The van der Waals surface area contributed by atoms with E-state index in [2.05, 4.69) is 57.3 Å². The SMILES string of the molecule is C=CC#N.CC(=O)C1=C(O)CC(C)(C)CC1=O.CC(C)(C)OC(=O)NC(COCCCN)(COCCCN)COCCCN.CCCCCOCC(COCCCNC)(COCCCNC)N=C=O.CCCCCOCC(COCCCNC)(COCCCNC)NC(=O)OC(C)(C)C.N#CCCOCC(N)(COCCC#N)COCCC#N.NC(CO)(CO)CO. The molecule has 0 saturated carbocycles. The Morgan fingerprint density at radius 3 is 0.961 bits per heavy atom. The van der Waals surface area contributed by atoms with E-state index in [4.69, 9.17) is 131 Å². The molecule has 0 radical (unpaired) electrons. The van der Waals surface area contributed by atoms with Crippen LogP contribution in [-0.4, -0.2) is 342 Å². The Kier molecular flexibility index (Phi) is 90.5. The highest BCUT2D eigenvalue weighted by Crippen LogP contribution is 2.36. The van der Waals surface area contributed by atoms with Gasteiger partial charge in [-0.05, 0) is 186 Å². The zero-order valence-electron chi connectivity index (χ0n) is 80.2. The maximum atomic E-state index is 12.6. The van der Waals surface area contributed by atoms with Crippen LogP contribution in [0.2, 0.25) is 0 Å². The van der Waals surface area contributed by atoms with Gasteiger partial charge in [0.1, 0.15) is 33.6 Å². The van der Waals surface area contributed by atoms with Crippen LogP contribution in [0, 0.1) is 50.7 Å². The molecule has 0 aromatic heterocycles. The Bertz CT molecular complexity index is 2750. The van der Waals surface area contributed by atoms with E-state index < -0.39 is 70.9 Å². The van der Waals surface area contributed by atoms with Crippen LogP contribution in [0.25, 0.3) is 0 Å². The van der Waals surface area contributed by atoms with Crippen LogP contribution in [0.1, 0.15) is 192 Å². The van der Waals surface area contributed by atoms with Crippen molar-refractivity contribution in [2.75, 3.05) is 252 Å². The number of hydrogen-bond donors (Lipinski definition) is 15. The summed E-state index contributed by atoms with van der Waals surface area (Å²) in [6.45, 7) is 36.5. The fourth-order valence-corrected chi connectivity index (χ4v) is 10.2. The summed E-state index contributed by atoms with van der Waals surface area (Å²) in [4.78, 5) is 62.3. The maximum Gasteiger partial charge on any atom is 0.408 e. The molecule has 0 aromatic rings. The van der Waals surface area contributed by atoms with Crippen LogP contribution >= 0.6 is 0 Å². The highest BCUT2D eigenvalue weighted by atomic mass is 16.6. The molecule has 0 fully saturated rings. The summed E-state index contributed by atoms with van der Waals surface area (Å²) < 4.78 is 79.0. The average molecular weight is 1820 g/mol. The minimum absolute atomic E-state index is 0.000625. The number of nitrogens with zero attached hydrogens (tertiary/aromatic N) is 5. The number of ketones is 2. The molecule has 2 amide bonds. The van der Waals surface area contributed by atoms with Crippen LogP contribution in [0.4, 0.5) is 9.59 Å². The molecule has 0 aliphatic heterocycles. The number of nitrogens with two attached hydrogens (primary N) is 5. The maximum absolute atomic E-state index is 12.6. The lowest BCUT2D eigenvalue weighted by atomic mass is 9.76. The Hall–Kier alpha value is -6.46. The van der Waals surface area contributed by atoms with Crippen molar-refractivity contribution < 1.29 is 111 Å². The number of ether oxygens (including phenoxy) is 14. The van der Waals surface area contributed by atoms with E-state index in [1.54, 1.807) is 12.1 Å². The van der Waals surface area contributed by atoms with Crippen molar-refractivity contribution in [3.63, 3.8) is 0 Å². The van der Waals surface area contributed by atoms with Crippen LogP contribution < -0.4 is 60.6 Å². The number of nitriles is 4. The molecule has 0 bridgehead atoms. The molecule has 39 heteroatoms. The smallest absolute Gasteiger partial charge is 0.408 e. The fraction of sp³-hybridized carbons (Fsp3) is 0.852. The lowest BCUT2D eigenvalue weighted by Crippen LogP contribution is -2.59. The first-order valence-corrected chi connectivity index (χ1v) is 44.1. The van der Waals surface area contributed by atoms with Crippen molar-refractivity contribution in [1.29, 1.82) is 21.0 Å². The molecule has 0 unspecified atom stereocenters. The number of aliphatic imine (C=N–C) groups is 1. The van der Waals surface area contributed by atoms with E-state index in [9.17, 15) is 29.1 Å². The van der Waals surface area contributed by atoms with Crippen LogP contribution in [0.5, 0.6) is 0 Å². The molecule has 0 heterocycles. The van der Waals surface area contributed by atoms with Crippen LogP contribution in [0.3, 0.4) is 0 Å². The monoisotopic (exact) mass is 1820 g/mol. The van der Waals surface area contributed by atoms with Crippen molar-refractivity contribution in [1.82, 2.24) is 31.9 Å². The number of alkyl carbamates (subject to hydrolysis) is 2. The van der Waals surface area contributed by atoms with Gasteiger partial charge >= 0.3 is 12.2 Å². The number of allylic oxidation sites excluding steroid dienone is 3. The molecule has 0 aromatic carbocycles. The number of carbonyl (C=O) groups excluding carboxylic acids is 5. The van der Waals surface area contributed by atoms with Gasteiger partial charge < -0.3 is 147 Å². The standard InChI is InChI=1S/C22H47N3O5.C18H40N4O5.C18H37N3O4.C13H20N4O3.C10H14O3.C4H11NO3.C3H3N/c1-7-8-9-14-27-17-22(18-28-15-10-12-23-5,19-29-16-11-13-24-6)25-20(26)30-21(2,3)4;1-17(2,3)27-16(23)22-18(13-24-10-4-7-19,14-25-11-5-8-20)15-26-12-6-9-21;1-4-5-6-11-23-14-18(21-17-22,15-24-12-7-9-19-2)16-25-13-8-10-20-3;14-4-1-7-18-10-13(17,11-19-8-2-5-15)12-20-9-3-6-16;1-6(11)9-7(12)4-10(2,3)5-8(9)13;5-4(1-6,2-7)3-8;1-2-3-4/h23-24H,7-19H2,1-6H3,(H,25,26);4-15,19-21H2,1-3H3,(H,22,23);19-20H,4-16H2,1-3H3;1-3,7-12,17H2;12H,4-5H2,1-3H3;6-8H,1-3,5H2;2H,1H2. The van der Waals surface area contributed by atoms with Crippen molar-refractivity contribution in [2.24, 2.45) is 39.1 Å². The number of isocyanates is 1. The molecular formula is C88H172N16O23. The largest absolute Gasteiger partial charge is 0.511 e. The van der Waals surface area contributed by atoms with E-state index in [0.717, 1.165) is 110 Å². The molecule has 127 heavy (non-hydrogen) atoms. The molecule has 0 spiro atoms. The lowest BCUT2D eigenvalue weighted by Gasteiger charge is -2.35. The van der Waals surface area contributed by atoms with Gasteiger partial charge in [-0.1, -0.05) is 60.0 Å². The molecule has 39 nitrogen and oxygen atoms in total. The molecule has 1 aliphatic carbocycles. The summed E-state index contributed by atoms with van der Waals surface area (Å²) in [6.07, 6.45) is 15.7. The average Bonchev–Trinajstić information content (AvgIpc) is 0.802. The zero-order chi connectivity index (χ0) is 97.3. The van der Waals surface area contributed by atoms with E-state index in [1.807, 2.05) is 102 Å². The summed E-state index contributed by atoms with van der Waals surface area (Å²) in [5, 5.41) is 85.5. The lowest BCUT2D eigenvalue weighted by molar-refractivity contribution is -0.123. The second-order valence-electron chi connectivity index (χ2n) is 33.1. The van der Waals surface area contributed by atoms with Crippen LogP contribution in [-0.2, 0) is 80.7 Å². The van der Waals surface area contributed by atoms with Crippen LogP contribution in [0.15, 0.2) is 29.0 Å². The molecule has 1 rings (SSSR count). The quantitative estimate of drug-likeness (QED) is 0.0123. The predicted molar refractivity (Wildman–Crippen MR) is 489 cm³/mol. The van der Waals surface area contributed by atoms with Gasteiger partial charge in [-0.15, -0.1) is 0 Å². The summed E-state index contributed by atoms with van der Waals surface area (Å²) in [7, 11) is 7.64. The van der Waals surface area contributed by atoms with Gasteiger partial charge in [0.2, 0.25) is 6.08 Å². The Labute approximate surface area is 760 Å². The highest BCUT2D eigenvalue weighted by Gasteiger charge is 2.39. The zero-order valence-corrected chi connectivity index (χ0v) is 80.2. The van der Waals surface area contributed by atoms with E-state index in [1.165, 1.54) is 13.0 Å². The molecule has 0 atom stereocenters. The number of carbonyl (C=O) groups is 4. The molecule has 742 valence electrons. The minimum Gasteiger partial charge on any atom is -0.511 e. The third kappa shape index (κ3) is 84.8. The van der Waals surface area contributed by atoms with Crippen molar-refractivity contribution in [3.8, 4) is 24.3 Å². The summed E-state index contributed by atoms with van der Waals surface area (Å²) in [6, 6.07) is 7.61. The van der Waals surface area contributed by atoms with E-state index >= 15 is 0 Å². The van der Waals surface area contributed by atoms with Gasteiger partial charge in [-0.2, -0.15) is 26.0 Å². The summed E-state index contributed by atoms with van der Waals surface area (Å²) >= 11 is 0. The number of Topliss-reactive ketones (excluding diaryl/α,β-unsaturated/α-hetero) is 2. The first-order valence-electron chi connectivity index (χ1n) is 44.1. The van der Waals surface area contributed by atoms with Gasteiger partial charge in [-0.25, -0.2) is 14.4 Å². The van der Waals surface area contributed by atoms with E-state index in [-0.39, 0.29) is 68.0 Å². The van der Waals surface area contributed by atoms with Gasteiger partial charge in [-0.3, -0.25) is 9.59 Å². The first kappa shape index (κ1) is 131. The number of rotatable bonds is 70. The van der Waals surface area contributed by atoms with E-state index in [0.29, 0.717) is 171 Å². The molecule has 20 N–H and O–H groups in total. The highest BCUT2D eigenvalue weighted by molar-refractivity contribution is 6.20. The first-order chi connectivity index (χ1) is 60.4. The summed E-state index contributed by atoms with van der Waals surface area (Å²) in [5.41, 5.74) is 21.8. The van der Waals surface area contributed by atoms with Crippen molar-refractivity contribution in [2.45, 2.75) is 231 Å². The predicted octanol–water partition coefficient (Wildman–Crippen LogP) is 5.18. The molecule has 0 saturated heterocycles. The number of amides is 2. The number of nitrogens with one attached hydrogen (secondary N) is 6. The third-order valence-electron chi connectivity index (χ3n) is 16.8. The van der Waals surface area contributed by atoms with Crippen molar-refractivity contribution in [3.05, 3.63) is 24.0 Å². The topological polar surface area (TPSA) is 605 Å². The minimum atomic E-state index is -1.21. The van der Waals surface area contributed by atoms with Gasteiger partial charge in [0.05, 0.1) is 179 Å². The third-order valence-corrected chi connectivity index (χ3v) is 16.8. The van der Waals surface area contributed by atoms with Gasteiger partial charge in [0.25, 0.3) is 0 Å². The van der Waals surface area contributed by atoms with Gasteiger partial charge in [0, 0.05) is 78.4 Å². The van der Waals surface area contributed by atoms with Crippen molar-refractivity contribution >= 4 is 29.8 Å². The van der Waals surface area contributed by atoms with Gasteiger partial charge in [0.15, 0.2) is 11.6 Å². The molecule has 1 aliphatic rings. The second kappa shape index (κ2) is 87.5. The summed E-state index contributed by atoms with van der Waals surface area (Å²) in [5.74, 6) is -0.618. The Balaban J connectivity index is -0.000000354. The normalized spacial score (nSPS) is 12.5. The number of aliphatic hydroxyl groups is 4. The second-order valence-corrected chi connectivity index (χ2v) is 33.1. The fourth-order valence-electron chi connectivity index (χ4n) is 10.2. The Morgan fingerprint density at radius 2 is 0.740 bits per heavy atom. The number of aliphatic hydroxyl groups excluding tert-OH is 4. The molecular weight excluding hydrogens is 1650 g/mol. The number of unbranched alkanes of at least 4 members (excludes halogenated alkanes) is 4. The number of hydrogen-bond acceptors (Lipinski definition) is 37.